The molecule has 0 amide bonds. The lowest BCUT2D eigenvalue weighted by Crippen LogP contribution is -2.36. The standard InChI is InChI=1S/C10H17N3S/c1-8(4-12-9-2-3-9)11-5-10-6-14-7-13-10/h6-9,11-12H,2-5H2,1H3. The van der Waals surface area contributed by atoms with Crippen molar-refractivity contribution in [3.63, 3.8) is 0 Å². The van der Waals surface area contributed by atoms with Crippen LogP contribution in [0.15, 0.2) is 10.9 Å². The van der Waals surface area contributed by atoms with E-state index in [1.807, 2.05) is 5.51 Å². The van der Waals surface area contributed by atoms with Crippen LogP contribution >= 0.6 is 11.3 Å². The molecule has 1 aliphatic carbocycles. The fraction of sp³-hybridized carbons (Fsp3) is 0.700. The van der Waals surface area contributed by atoms with Crippen LogP contribution < -0.4 is 10.6 Å². The number of hydrogen-bond acceptors (Lipinski definition) is 4. The summed E-state index contributed by atoms with van der Waals surface area (Å²) in [5.74, 6) is 0. The van der Waals surface area contributed by atoms with Gasteiger partial charge in [0, 0.05) is 30.6 Å². The molecule has 1 saturated carbocycles. The van der Waals surface area contributed by atoms with Gasteiger partial charge in [0.15, 0.2) is 0 Å². The van der Waals surface area contributed by atoms with Crippen LogP contribution in [-0.4, -0.2) is 23.6 Å². The van der Waals surface area contributed by atoms with Crippen LogP contribution in [0, 0.1) is 0 Å². The van der Waals surface area contributed by atoms with Crippen molar-refractivity contribution in [1.29, 1.82) is 0 Å². The van der Waals surface area contributed by atoms with Gasteiger partial charge in [-0.2, -0.15) is 0 Å². The molecule has 1 fully saturated rings. The Kier molecular flexibility index (Phi) is 3.50. The monoisotopic (exact) mass is 211 g/mol. The smallest absolute Gasteiger partial charge is 0.0795 e. The van der Waals surface area contributed by atoms with E-state index in [1.54, 1.807) is 11.3 Å². The van der Waals surface area contributed by atoms with Gasteiger partial charge < -0.3 is 10.6 Å². The molecule has 0 spiro atoms. The maximum atomic E-state index is 4.23. The Bertz CT molecular complexity index is 256. The summed E-state index contributed by atoms with van der Waals surface area (Å²) in [5, 5.41) is 9.05. The zero-order chi connectivity index (χ0) is 9.80. The van der Waals surface area contributed by atoms with Gasteiger partial charge >= 0.3 is 0 Å². The largest absolute Gasteiger partial charge is 0.312 e. The lowest BCUT2D eigenvalue weighted by molar-refractivity contribution is 0.497. The molecule has 1 heterocycles. The fourth-order valence-electron chi connectivity index (χ4n) is 1.31. The van der Waals surface area contributed by atoms with Gasteiger partial charge in [0.05, 0.1) is 11.2 Å². The van der Waals surface area contributed by atoms with E-state index >= 15 is 0 Å². The molecule has 0 bridgehead atoms. The van der Waals surface area contributed by atoms with Crippen LogP contribution in [0.4, 0.5) is 0 Å². The predicted molar refractivity (Wildman–Crippen MR) is 59.4 cm³/mol. The van der Waals surface area contributed by atoms with Crippen molar-refractivity contribution in [3.05, 3.63) is 16.6 Å². The Balaban J connectivity index is 1.59. The highest BCUT2D eigenvalue weighted by Crippen LogP contribution is 2.18. The number of nitrogens with one attached hydrogen (secondary N) is 2. The van der Waals surface area contributed by atoms with Gasteiger partial charge in [-0.05, 0) is 19.8 Å². The van der Waals surface area contributed by atoms with E-state index in [2.05, 4.69) is 27.9 Å². The molecule has 3 nitrogen and oxygen atoms in total. The molecule has 2 rings (SSSR count). The quantitative estimate of drug-likeness (QED) is 0.746. The van der Waals surface area contributed by atoms with Crippen molar-refractivity contribution in [2.75, 3.05) is 6.54 Å². The molecule has 2 N–H and O–H groups in total. The molecule has 1 aromatic rings. The van der Waals surface area contributed by atoms with E-state index < -0.39 is 0 Å². The van der Waals surface area contributed by atoms with Crippen LogP contribution in [0.5, 0.6) is 0 Å². The number of thiazole rings is 1. The SMILES string of the molecule is CC(CNC1CC1)NCc1cscn1. The van der Waals surface area contributed by atoms with E-state index in [4.69, 9.17) is 0 Å². The minimum Gasteiger partial charge on any atom is -0.312 e. The third kappa shape index (κ3) is 3.36. The average molecular weight is 211 g/mol. The maximum absolute atomic E-state index is 4.23. The minimum atomic E-state index is 0.525. The highest BCUT2D eigenvalue weighted by Gasteiger charge is 2.20. The Morgan fingerprint density at radius 2 is 2.50 bits per heavy atom. The summed E-state index contributed by atoms with van der Waals surface area (Å²) in [4.78, 5) is 4.23. The van der Waals surface area contributed by atoms with Crippen LogP contribution in [0.25, 0.3) is 0 Å². The van der Waals surface area contributed by atoms with Crippen molar-refractivity contribution < 1.29 is 0 Å². The number of rotatable bonds is 6. The molecule has 1 aliphatic rings. The fourth-order valence-corrected chi connectivity index (χ4v) is 1.87. The van der Waals surface area contributed by atoms with Gasteiger partial charge in [-0.1, -0.05) is 0 Å². The molecule has 4 heteroatoms. The minimum absolute atomic E-state index is 0.525. The Morgan fingerprint density at radius 3 is 3.14 bits per heavy atom. The van der Waals surface area contributed by atoms with Crippen molar-refractivity contribution in [1.82, 2.24) is 15.6 Å². The van der Waals surface area contributed by atoms with Gasteiger partial charge in [-0.25, -0.2) is 4.98 Å². The maximum Gasteiger partial charge on any atom is 0.0795 e. The van der Waals surface area contributed by atoms with Gasteiger partial charge in [-0.3, -0.25) is 0 Å². The first-order valence-electron chi connectivity index (χ1n) is 5.18. The first-order valence-corrected chi connectivity index (χ1v) is 6.12. The molecule has 1 aromatic heterocycles. The van der Waals surface area contributed by atoms with Gasteiger partial charge in [0.2, 0.25) is 0 Å². The van der Waals surface area contributed by atoms with Crippen LogP contribution in [0.3, 0.4) is 0 Å². The highest BCUT2D eigenvalue weighted by atomic mass is 32.1. The molecular weight excluding hydrogens is 194 g/mol. The van der Waals surface area contributed by atoms with E-state index in [9.17, 15) is 0 Å². The van der Waals surface area contributed by atoms with Crippen LogP contribution in [-0.2, 0) is 6.54 Å². The van der Waals surface area contributed by atoms with Crippen molar-refractivity contribution in [2.45, 2.75) is 38.4 Å². The van der Waals surface area contributed by atoms with Crippen LogP contribution in [0.2, 0.25) is 0 Å². The van der Waals surface area contributed by atoms with Crippen LogP contribution in [0.1, 0.15) is 25.5 Å². The number of hydrogen-bond donors (Lipinski definition) is 2. The third-order valence-electron chi connectivity index (χ3n) is 2.41. The summed E-state index contributed by atoms with van der Waals surface area (Å²) in [6, 6.07) is 1.33. The zero-order valence-corrected chi connectivity index (χ0v) is 9.31. The average Bonchev–Trinajstić information content (AvgIpc) is 2.87. The molecule has 14 heavy (non-hydrogen) atoms. The molecule has 0 aromatic carbocycles. The molecule has 0 aliphatic heterocycles. The highest BCUT2D eigenvalue weighted by molar-refractivity contribution is 7.07. The second kappa shape index (κ2) is 4.87. The Morgan fingerprint density at radius 1 is 1.64 bits per heavy atom. The second-order valence-electron chi connectivity index (χ2n) is 3.94. The summed E-state index contributed by atoms with van der Waals surface area (Å²) in [7, 11) is 0. The lowest BCUT2D eigenvalue weighted by Gasteiger charge is -2.13. The van der Waals surface area contributed by atoms with Crippen molar-refractivity contribution in [2.24, 2.45) is 0 Å². The Labute approximate surface area is 88.9 Å². The summed E-state index contributed by atoms with van der Waals surface area (Å²) >= 11 is 1.65. The lowest BCUT2D eigenvalue weighted by atomic mass is 10.3. The van der Waals surface area contributed by atoms with E-state index in [0.29, 0.717) is 6.04 Å². The molecule has 0 radical (unpaired) electrons. The Hall–Kier alpha value is -0.450. The first kappa shape index (κ1) is 10.1. The van der Waals surface area contributed by atoms with Gasteiger partial charge in [-0.15, -0.1) is 11.3 Å². The van der Waals surface area contributed by atoms with E-state index in [1.165, 1.54) is 12.8 Å². The summed E-state index contributed by atoms with van der Waals surface area (Å²) < 4.78 is 0. The van der Waals surface area contributed by atoms with Crippen molar-refractivity contribution in [3.8, 4) is 0 Å². The second-order valence-corrected chi connectivity index (χ2v) is 4.66. The summed E-state index contributed by atoms with van der Waals surface area (Å²) in [5.41, 5.74) is 3.03. The molecule has 1 unspecified atom stereocenters. The van der Waals surface area contributed by atoms with E-state index in [0.717, 1.165) is 24.8 Å². The normalized spacial score (nSPS) is 18.4. The summed E-state index contributed by atoms with van der Waals surface area (Å²) in [6.07, 6.45) is 2.72. The van der Waals surface area contributed by atoms with Crippen molar-refractivity contribution >= 4 is 11.3 Å². The zero-order valence-electron chi connectivity index (χ0n) is 8.49. The predicted octanol–water partition coefficient (Wildman–Crippen LogP) is 1.37. The molecular formula is C10H17N3S. The van der Waals surface area contributed by atoms with E-state index in [-0.39, 0.29) is 0 Å². The van der Waals surface area contributed by atoms with Gasteiger partial charge in [0.1, 0.15) is 0 Å². The third-order valence-corrected chi connectivity index (χ3v) is 3.04. The molecule has 0 saturated heterocycles. The number of nitrogens with zero attached hydrogens (tertiary/aromatic N) is 1. The molecule has 78 valence electrons. The molecule has 1 atom stereocenters. The summed E-state index contributed by atoms with van der Waals surface area (Å²) in [6.45, 7) is 4.16. The topological polar surface area (TPSA) is 37.0 Å². The number of aromatic nitrogens is 1. The van der Waals surface area contributed by atoms with Gasteiger partial charge in [0.25, 0.3) is 0 Å². The first-order chi connectivity index (χ1) is 6.84.